The second-order valence-electron chi connectivity index (χ2n) is 5.51. The van der Waals surface area contributed by atoms with Crippen molar-refractivity contribution in [2.24, 2.45) is 0 Å². The molecule has 2 amide bonds. The van der Waals surface area contributed by atoms with Crippen molar-refractivity contribution < 1.29 is 23.6 Å². The highest BCUT2D eigenvalue weighted by molar-refractivity contribution is 5.83. The standard InChI is InChI=1S/C16H18N4O5/c1-10(17-13(21)9-20-7-8-24-16(20)22)15-18-14(19-25-15)11-3-5-12(23-2)6-4-11/h3-6,10H,7-9H2,1-2H3,(H,17,21). The Labute approximate surface area is 143 Å². The van der Waals surface area contributed by atoms with E-state index < -0.39 is 12.1 Å². The van der Waals surface area contributed by atoms with Crippen LogP contribution >= 0.6 is 0 Å². The van der Waals surface area contributed by atoms with E-state index in [-0.39, 0.29) is 18.3 Å². The minimum atomic E-state index is -0.484. The van der Waals surface area contributed by atoms with Crippen molar-refractivity contribution in [3.63, 3.8) is 0 Å². The number of hydrogen-bond acceptors (Lipinski definition) is 7. The normalized spacial score (nSPS) is 15.0. The fourth-order valence-electron chi connectivity index (χ4n) is 2.36. The van der Waals surface area contributed by atoms with Gasteiger partial charge in [0.15, 0.2) is 0 Å². The highest BCUT2D eigenvalue weighted by Gasteiger charge is 2.25. The topological polar surface area (TPSA) is 107 Å². The van der Waals surface area contributed by atoms with Crippen molar-refractivity contribution in [3.05, 3.63) is 30.2 Å². The molecule has 0 bridgehead atoms. The van der Waals surface area contributed by atoms with Gasteiger partial charge in [0, 0.05) is 5.56 Å². The number of aromatic nitrogens is 2. The predicted molar refractivity (Wildman–Crippen MR) is 85.8 cm³/mol. The van der Waals surface area contributed by atoms with Gasteiger partial charge in [-0.1, -0.05) is 5.16 Å². The lowest BCUT2D eigenvalue weighted by Crippen LogP contribution is -2.38. The summed E-state index contributed by atoms with van der Waals surface area (Å²) < 4.78 is 15.1. The minimum absolute atomic E-state index is 0.0668. The van der Waals surface area contributed by atoms with E-state index in [0.29, 0.717) is 19.0 Å². The van der Waals surface area contributed by atoms with Crippen LogP contribution in [0.2, 0.25) is 0 Å². The molecule has 1 fully saturated rings. The molecule has 9 heteroatoms. The largest absolute Gasteiger partial charge is 0.497 e. The smallest absolute Gasteiger partial charge is 0.410 e. The number of carbonyl (C=O) groups is 2. The summed E-state index contributed by atoms with van der Waals surface area (Å²) in [6, 6.07) is 6.74. The highest BCUT2D eigenvalue weighted by Crippen LogP contribution is 2.21. The zero-order valence-electron chi connectivity index (χ0n) is 13.9. The van der Waals surface area contributed by atoms with Crippen LogP contribution in [0.25, 0.3) is 11.4 Å². The predicted octanol–water partition coefficient (Wildman–Crippen LogP) is 1.37. The van der Waals surface area contributed by atoms with Gasteiger partial charge in [-0.05, 0) is 31.2 Å². The van der Waals surface area contributed by atoms with Gasteiger partial charge in [0.1, 0.15) is 24.9 Å². The first-order chi connectivity index (χ1) is 12.1. The number of rotatable bonds is 6. The van der Waals surface area contributed by atoms with Crippen LogP contribution < -0.4 is 10.1 Å². The van der Waals surface area contributed by atoms with E-state index in [2.05, 4.69) is 15.5 Å². The van der Waals surface area contributed by atoms with Gasteiger partial charge in [-0.15, -0.1) is 0 Å². The third kappa shape index (κ3) is 3.87. The molecule has 2 aromatic rings. The third-order valence-electron chi connectivity index (χ3n) is 3.72. The number of hydrogen-bond donors (Lipinski definition) is 1. The van der Waals surface area contributed by atoms with Crippen LogP contribution in [0.15, 0.2) is 28.8 Å². The minimum Gasteiger partial charge on any atom is -0.497 e. The highest BCUT2D eigenvalue weighted by atomic mass is 16.6. The zero-order chi connectivity index (χ0) is 17.8. The maximum Gasteiger partial charge on any atom is 0.410 e. The molecule has 9 nitrogen and oxygen atoms in total. The molecular weight excluding hydrogens is 328 g/mol. The molecule has 1 N–H and O–H groups in total. The Balaban J connectivity index is 1.60. The molecule has 1 aliphatic rings. The summed E-state index contributed by atoms with van der Waals surface area (Å²) in [5.74, 6) is 1.11. The van der Waals surface area contributed by atoms with Crippen molar-refractivity contribution in [1.82, 2.24) is 20.4 Å². The fraction of sp³-hybridized carbons (Fsp3) is 0.375. The average molecular weight is 346 g/mol. The molecule has 0 aliphatic carbocycles. The Morgan fingerprint density at radius 3 is 2.80 bits per heavy atom. The second kappa shape index (κ2) is 7.20. The first kappa shape index (κ1) is 16.7. The average Bonchev–Trinajstić information content (AvgIpc) is 3.25. The molecule has 1 saturated heterocycles. The lowest BCUT2D eigenvalue weighted by molar-refractivity contribution is -0.122. The van der Waals surface area contributed by atoms with Gasteiger partial charge in [-0.2, -0.15) is 4.98 Å². The lowest BCUT2D eigenvalue weighted by Gasteiger charge is -2.14. The van der Waals surface area contributed by atoms with Gasteiger partial charge in [0.25, 0.3) is 0 Å². The van der Waals surface area contributed by atoms with E-state index in [1.807, 2.05) is 12.1 Å². The number of benzene rings is 1. The number of amides is 2. The molecule has 1 atom stereocenters. The molecule has 1 unspecified atom stereocenters. The number of methoxy groups -OCH3 is 1. The van der Waals surface area contributed by atoms with Crippen LogP contribution in [0.4, 0.5) is 4.79 Å². The van der Waals surface area contributed by atoms with Gasteiger partial charge in [0.05, 0.1) is 13.7 Å². The number of nitrogens with one attached hydrogen (secondary N) is 1. The number of cyclic esters (lactones) is 1. The first-order valence-corrected chi connectivity index (χ1v) is 7.76. The van der Waals surface area contributed by atoms with E-state index in [0.717, 1.165) is 11.3 Å². The summed E-state index contributed by atoms with van der Waals surface area (Å²) >= 11 is 0. The summed E-state index contributed by atoms with van der Waals surface area (Å²) in [5, 5.41) is 6.64. The SMILES string of the molecule is COc1ccc(-c2noc(C(C)NC(=O)CN3CCOC3=O)n2)cc1. The molecule has 132 valence electrons. The van der Waals surface area contributed by atoms with Crippen LogP contribution in [0.1, 0.15) is 18.9 Å². The van der Waals surface area contributed by atoms with Crippen molar-refractivity contribution in [1.29, 1.82) is 0 Å². The monoisotopic (exact) mass is 346 g/mol. The van der Waals surface area contributed by atoms with E-state index in [1.54, 1.807) is 26.2 Å². The number of ether oxygens (including phenoxy) is 2. The first-order valence-electron chi connectivity index (χ1n) is 7.76. The molecule has 1 aliphatic heterocycles. The molecule has 3 rings (SSSR count). The molecule has 0 spiro atoms. The van der Waals surface area contributed by atoms with Gasteiger partial charge in [0.2, 0.25) is 17.6 Å². The molecular formula is C16H18N4O5. The van der Waals surface area contributed by atoms with Crippen molar-refractivity contribution in [3.8, 4) is 17.1 Å². The summed E-state index contributed by atoms with van der Waals surface area (Å²) in [5.41, 5.74) is 0.772. The molecule has 25 heavy (non-hydrogen) atoms. The van der Waals surface area contributed by atoms with Crippen LogP contribution in [-0.2, 0) is 9.53 Å². The van der Waals surface area contributed by atoms with Crippen LogP contribution in [0.5, 0.6) is 5.75 Å². The summed E-state index contributed by atoms with van der Waals surface area (Å²) in [4.78, 5) is 29.0. The third-order valence-corrected chi connectivity index (χ3v) is 3.72. The quantitative estimate of drug-likeness (QED) is 0.842. The van der Waals surface area contributed by atoms with E-state index >= 15 is 0 Å². The fourth-order valence-corrected chi connectivity index (χ4v) is 2.36. The van der Waals surface area contributed by atoms with E-state index in [1.165, 1.54) is 4.90 Å². The molecule has 0 radical (unpaired) electrons. The van der Waals surface area contributed by atoms with Crippen molar-refractivity contribution >= 4 is 12.0 Å². The van der Waals surface area contributed by atoms with Gasteiger partial charge in [-0.25, -0.2) is 4.79 Å². The molecule has 0 saturated carbocycles. The molecule has 1 aromatic carbocycles. The second-order valence-corrected chi connectivity index (χ2v) is 5.51. The van der Waals surface area contributed by atoms with Crippen molar-refractivity contribution in [2.75, 3.05) is 26.8 Å². The van der Waals surface area contributed by atoms with Crippen molar-refractivity contribution in [2.45, 2.75) is 13.0 Å². The Morgan fingerprint density at radius 1 is 1.40 bits per heavy atom. The summed E-state index contributed by atoms with van der Waals surface area (Å²) in [7, 11) is 1.59. The van der Waals surface area contributed by atoms with E-state index in [4.69, 9.17) is 14.0 Å². The Bertz CT molecular complexity index is 758. The van der Waals surface area contributed by atoms with Gasteiger partial charge < -0.3 is 19.3 Å². The maximum absolute atomic E-state index is 12.0. The van der Waals surface area contributed by atoms with Crippen LogP contribution in [0.3, 0.4) is 0 Å². The number of nitrogens with zero attached hydrogens (tertiary/aromatic N) is 3. The van der Waals surface area contributed by atoms with Gasteiger partial charge >= 0.3 is 6.09 Å². The summed E-state index contributed by atoms with van der Waals surface area (Å²) in [6.45, 7) is 2.37. The molecule has 2 heterocycles. The summed E-state index contributed by atoms with van der Waals surface area (Å²) in [6.07, 6.45) is -0.484. The maximum atomic E-state index is 12.0. The zero-order valence-corrected chi connectivity index (χ0v) is 13.9. The Hall–Kier alpha value is -3.10. The number of carbonyl (C=O) groups excluding carboxylic acids is 2. The molecule has 1 aromatic heterocycles. The van der Waals surface area contributed by atoms with Crippen LogP contribution in [0, 0.1) is 0 Å². The van der Waals surface area contributed by atoms with E-state index in [9.17, 15) is 9.59 Å². The Morgan fingerprint density at radius 2 is 2.16 bits per heavy atom. The van der Waals surface area contributed by atoms with Gasteiger partial charge in [-0.3, -0.25) is 9.69 Å². The Kier molecular flexibility index (Phi) is 4.82. The lowest BCUT2D eigenvalue weighted by atomic mass is 10.2. The van der Waals surface area contributed by atoms with Crippen LogP contribution in [-0.4, -0.2) is 53.8 Å².